The van der Waals surface area contributed by atoms with Crippen molar-refractivity contribution < 1.29 is 26.8 Å². The van der Waals surface area contributed by atoms with Gasteiger partial charge in [-0.15, -0.1) is 11.3 Å². The molecule has 2 aromatic heterocycles. The molecule has 0 radical (unpaired) electrons. The van der Waals surface area contributed by atoms with Crippen molar-refractivity contribution in [2.45, 2.75) is 17.6 Å². The van der Waals surface area contributed by atoms with E-state index in [0.717, 1.165) is 11.3 Å². The highest BCUT2D eigenvalue weighted by Crippen LogP contribution is 2.33. The third kappa shape index (κ3) is 5.08. The van der Waals surface area contributed by atoms with Gasteiger partial charge in [-0.2, -0.15) is 0 Å². The highest BCUT2D eigenvalue weighted by Gasteiger charge is 2.21. The van der Waals surface area contributed by atoms with Crippen LogP contribution in [0, 0.1) is 12.7 Å². The number of carbonyl (C=O) groups excluding carboxylic acids is 1. The summed E-state index contributed by atoms with van der Waals surface area (Å²) in [5.74, 6) is -0.782. The number of aryl methyl sites for hydroxylation is 1. The summed E-state index contributed by atoms with van der Waals surface area (Å²) in [6.07, 6.45) is -0.809. The summed E-state index contributed by atoms with van der Waals surface area (Å²) in [4.78, 5) is 25.9. The first-order valence-electron chi connectivity index (χ1n) is 10.5. The van der Waals surface area contributed by atoms with Gasteiger partial charge in [0.2, 0.25) is 0 Å². The Morgan fingerprint density at radius 3 is 2.64 bits per heavy atom. The normalized spacial score (nSPS) is 11.5. The van der Waals surface area contributed by atoms with E-state index in [9.17, 15) is 18.0 Å². The molecule has 0 spiro atoms. The predicted molar refractivity (Wildman–Crippen MR) is 136 cm³/mol. The average molecular weight is 551 g/mol. The molecule has 0 unspecified atom stereocenters. The molecule has 0 saturated heterocycles. The smallest absolute Gasteiger partial charge is 0.414 e. The third-order valence-corrected chi connectivity index (χ3v) is 8.41. The molecule has 2 heterocycles. The van der Waals surface area contributed by atoms with E-state index in [1.165, 1.54) is 55.4 Å². The predicted octanol–water partition coefficient (Wildman–Crippen LogP) is 5.41. The first-order valence-corrected chi connectivity index (χ1v) is 13.2. The number of halogens is 2. The van der Waals surface area contributed by atoms with Crippen molar-refractivity contribution in [2.24, 2.45) is 0 Å². The van der Waals surface area contributed by atoms with E-state index in [1.807, 2.05) is 0 Å². The number of fused-ring (bicyclic) bond motifs is 1. The quantitative estimate of drug-likeness (QED) is 0.322. The van der Waals surface area contributed by atoms with Crippen LogP contribution in [0.1, 0.15) is 16.7 Å². The second-order valence-electron chi connectivity index (χ2n) is 8.03. The van der Waals surface area contributed by atoms with E-state index in [1.54, 1.807) is 18.4 Å². The minimum Gasteiger partial charge on any atom is -0.422 e. The Hall–Kier alpha value is -3.41. The van der Waals surface area contributed by atoms with E-state index in [0.29, 0.717) is 10.9 Å². The lowest BCUT2D eigenvalue weighted by Crippen LogP contribution is -2.25. The number of nitrogens with one attached hydrogen (secondary N) is 1. The molecule has 0 fully saturated rings. The van der Waals surface area contributed by atoms with Crippen LogP contribution in [-0.2, 0) is 16.4 Å². The Morgan fingerprint density at radius 1 is 1.22 bits per heavy atom. The van der Waals surface area contributed by atoms with Gasteiger partial charge in [0.15, 0.2) is 11.6 Å². The Bertz CT molecular complexity index is 1630. The van der Waals surface area contributed by atoms with Crippen molar-refractivity contribution in [3.05, 3.63) is 85.8 Å². The number of ether oxygens (including phenoxy) is 1. The summed E-state index contributed by atoms with van der Waals surface area (Å²) in [7, 11) is -0.937. The summed E-state index contributed by atoms with van der Waals surface area (Å²) in [5, 5.41) is 2.20. The molecule has 0 aliphatic carbocycles. The molecule has 4 aromatic rings. The monoisotopic (exact) mass is 550 g/mol. The first kappa shape index (κ1) is 25.7. The molecule has 1 amide bonds. The maximum absolute atomic E-state index is 15.3. The molecule has 0 aliphatic rings. The van der Waals surface area contributed by atoms with Crippen LogP contribution >= 0.6 is 22.9 Å². The number of hydrogen-bond donors (Lipinski definition) is 1. The summed E-state index contributed by atoms with van der Waals surface area (Å²) >= 11 is 7.29. The van der Waals surface area contributed by atoms with Gasteiger partial charge >= 0.3 is 11.7 Å². The summed E-state index contributed by atoms with van der Waals surface area (Å²) in [6, 6.07) is 10.1. The molecule has 36 heavy (non-hydrogen) atoms. The molecular formula is C24H20ClFN2O6S2. The Labute approximate surface area is 214 Å². The SMILES string of the molecule is Cc1c(Cc2cccc(NS(=O)(=O)c3cccs3)c2F)c(=O)oc2cc(OC(=O)N(C)C)c(Cl)cc12. The van der Waals surface area contributed by atoms with Crippen LogP contribution < -0.4 is 15.1 Å². The fraction of sp³-hybridized carbons (Fsp3) is 0.167. The van der Waals surface area contributed by atoms with Crippen LogP contribution in [0.3, 0.4) is 0 Å². The van der Waals surface area contributed by atoms with Crippen LogP contribution in [0.15, 0.2) is 61.3 Å². The van der Waals surface area contributed by atoms with E-state index >= 15 is 4.39 Å². The lowest BCUT2D eigenvalue weighted by Gasteiger charge is -2.14. The lowest BCUT2D eigenvalue weighted by molar-refractivity contribution is 0.172. The Kier molecular flexibility index (Phi) is 7.07. The molecular weight excluding hydrogens is 531 g/mol. The van der Waals surface area contributed by atoms with E-state index < -0.39 is 27.6 Å². The maximum Gasteiger partial charge on any atom is 0.414 e. The summed E-state index contributed by atoms with van der Waals surface area (Å²) in [5.41, 5.74) is -0.0365. The molecule has 2 aromatic carbocycles. The summed E-state index contributed by atoms with van der Waals surface area (Å²) in [6.45, 7) is 1.66. The zero-order valence-electron chi connectivity index (χ0n) is 19.3. The first-order chi connectivity index (χ1) is 17.0. The van der Waals surface area contributed by atoms with E-state index in [-0.39, 0.29) is 43.8 Å². The molecule has 12 heteroatoms. The number of amides is 1. The Morgan fingerprint density at radius 2 is 1.97 bits per heavy atom. The van der Waals surface area contributed by atoms with Crippen LogP contribution in [0.2, 0.25) is 5.02 Å². The van der Waals surface area contributed by atoms with Gasteiger partial charge in [-0.1, -0.05) is 29.8 Å². The minimum atomic E-state index is -3.96. The van der Waals surface area contributed by atoms with Gasteiger partial charge < -0.3 is 14.1 Å². The van der Waals surface area contributed by atoms with Crippen molar-refractivity contribution in [2.75, 3.05) is 18.8 Å². The van der Waals surface area contributed by atoms with Crippen LogP contribution in [0.5, 0.6) is 5.75 Å². The van der Waals surface area contributed by atoms with Crippen molar-refractivity contribution in [3.63, 3.8) is 0 Å². The van der Waals surface area contributed by atoms with Gasteiger partial charge in [-0.25, -0.2) is 22.4 Å². The highest BCUT2D eigenvalue weighted by molar-refractivity contribution is 7.94. The number of anilines is 1. The Balaban J connectivity index is 1.70. The minimum absolute atomic E-state index is 0.0231. The van der Waals surface area contributed by atoms with E-state index in [4.69, 9.17) is 20.8 Å². The summed E-state index contributed by atoms with van der Waals surface area (Å²) < 4.78 is 53.3. The van der Waals surface area contributed by atoms with Crippen molar-refractivity contribution >= 4 is 55.7 Å². The van der Waals surface area contributed by atoms with Crippen molar-refractivity contribution in [3.8, 4) is 5.75 Å². The van der Waals surface area contributed by atoms with Crippen molar-refractivity contribution in [1.82, 2.24) is 4.90 Å². The van der Waals surface area contributed by atoms with Gasteiger partial charge in [0.25, 0.3) is 10.0 Å². The standard InChI is InChI=1S/C24H20ClFN2O6S2/c1-13-15-11-17(25)20(34-24(30)28(2)3)12-19(15)33-23(29)16(13)10-14-6-4-7-18(22(14)26)27-36(31,32)21-8-5-9-35-21/h4-9,11-12,27H,10H2,1-3H3. The fourth-order valence-corrected chi connectivity index (χ4v) is 5.71. The van der Waals surface area contributed by atoms with Crippen molar-refractivity contribution in [1.29, 1.82) is 0 Å². The molecule has 0 atom stereocenters. The van der Waals surface area contributed by atoms with E-state index in [2.05, 4.69) is 4.72 Å². The third-order valence-electron chi connectivity index (χ3n) is 5.35. The lowest BCUT2D eigenvalue weighted by atomic mass is 9.99. The number of hydrogen-bond acceptors (Lipinski definition) is 7. The van der Waals surface area contributed by atoms with Crippen LogP contribution in [0.4, 0.5) is 14.9 Å². The average Bonchev–Trinajstić information content (AvgIpc) is 3.36. The molecule has 0 saturated carbocycles. The molecule has 1 N–H and O–H groups in total. The number of rotatable bonds is 6. The van der Waals surface area contributed by atoms with Gasteiger partial charge in [0.05, 0.1) is 10.7 Å². The molecule has 4 rings (SSSR count). The zero-order valence-corrected chi connectivity index (χ0v) is 21.7. The number of nitrogens with zero attached hydrogens (tertiary/aromatic N) is 1. The number of thiophene rings is 1. The van der Waals surface area contributed by atoms with Crippen LogP contribution in [-0.4, -0.2) is 33.5 Å². The molecule has 8 nitrogen and oxygen atoms in total. The molecule has 0 aliphatic heterocycles. The van der Waals surface area contributed by atoms with Gasteiger partial charge in [0.1, 0.15) is 9.79 Å². The highest BCUT2D eigenvalue weighted by atomic mass is 35.5. The second-order valence-corrected chi connectivity index (χ2v) is 11.3. The maximum atomic E-state index is 15.3. The molecule has 0 bridgehead atoms. The second kappa shape index (κ2) is 9.92. The number of benzene rings is 2. The van der Waals surface area contributed by atoms with Crippen LogP contribution in [0.25, 0.3) is 11.0 Å². The topological polar surface area (TPSA) is 106 Å². The van der Waals surface area contributed by atoms with Gasteiger partial charge in [0, 0.05) is 37.5 Å². The fourth-order valence-electron chi connectivity index (χ4n) is 3.45. The zero-order chi connectivity index (χ0) is 26.2. The largest absolute Gasteiger partial charge is 0.422 e. The number of sulfonamides is 1. The number of carbonyl (C=O) groups is 1. The molecule has 188 valence electrons. The van der Waals surface area contributed by atoms with Gasteiger partial charge in [-0.3, -0.25) is 4.72 Å². The van der Waals surface area contributed by atoms with Gasteiger partial charge in [-0.05, 0) is 41.6 Å².